The van der Waals surface area contributed by atoms with Crippen molar-refractivity contribution in [2.75, 3.05) is 11.9 Å². The Hall–Kier alpha value is -1.23. The molecule has 0 aromatic heterocycles. The van der Waals surface area contributed by atoms with Crippen LogP contribution in [0.5, 0.6) is 0 Å². The highest BCUT2D eigenvalue weighted by Crippen LogP contribution is 2.27. The largest absolute Gasteiger partial charge is 0.408 e. The lowest BCUT2D eigenvalue weighted by molar-refractivity contribution is -0.144. The van der Waals surface area contributed by atoms with Gasteiger partial charge >= 0.3 is 6.18 Å². The van der Waals surface area contributed by atoms with E-state index in [2.05, 4.69) is 5.32 Å². The number of anilines is 1. The molecule has 0 heterocycles. The van der Waals surface area contributed by atoms with E-state index in [0.717, 1.165) is 5.56 Å². The Morgan fingerprint density at radius 1 is 1.29 bits per heavy atom. The number of nitrogens with one attached hydrogen (secondary N) is 1. The summed E-state index contributed by atoms with van der Waals surface area (Å²) in [6.45, 7) is 1.52. The molecule has 0 spiro atoms. The number of rotatable bonds is 5. The molecule has 1 aromatic carbocycles. The maximum atomic E-state index is 12.7. The van der Waals surface area contributed by atoms with Gasteiger partial charge in [-0.15, -0.1) is 0 Å². The molecule has 0 saturated carbocycles. The molecule has 0 aliphatic carbocycles. The second-order valence-corrected chi connectivity index (χ2v) is 3.92. The fraction of sp³-hybridized carbons (Fsp3) is 0.500. The molecule has 1 rings (SSSR count). The molecular formula is C12H16F3NO. The molecule has 17 heavy (non-hydrogen) atoms. The molecule has 0 aliphatic heterocycles. The summed E-state index contributed by atoms with van der Waals surface area (Å²) in [5.74, 6) is 0. The number of aryl methyl sites for hydroxylation is 1. The van der Waals surface area contributed by atoms with Crippen LogP contribution in [0.1, 0.15) is 18.4 Å². The van der Waals surface area contributed by atoms with E-state index in [1.165, 1.54) is 0 Å². The second kappa shape index (κ2) is 5.91. The van der Waals surface area contributed by atoms with Gasteiger partial charge in [0.2, 0.25) is 0 Å². The van der Waals surface area contributed by atoms with Crippen molar-refractivity contribution < 1.29 is 18.3 Å². The fourth-order valence-electron chi connectivity index (χ4n) is 1.54. The zero-order valence-electron chi connectivity index (χ0n) is 9.59. The zero-order chi connectivity index (χ0) is 12.9. The van der Waals surface area contributed by atoms with Crippen molar-refractivity contribution in [3.63, 3.8) is 0 Å². The van der Waals surface area contributed by atoms with Crippen molar-refractivity contribution in [1.82, 2.24) is 0 Å². The molecule has 0 aliphatic rings. The van der Waals surface area contributed by atoms with Crippen LogP contribution in [0.25, 0.3) is 0 Å². The highest BCUT2D eigenvalue weighted by atomic mass is 19.4. The third-order valence-corrected chi connectivity index (χ3v) is 2.52. The number of aliphatic hydroxyl groups excluding tert-OH is 1. The lowest BCUT2D eigenvalue weighted by atomic mass is 10.1. The molecule has 0 amide bonds. The van der Waals surface area contributed by atoms with Gasteiger partial charge in [0.15, 0.2) is 0 Å². The summed E-state index contributed by atoms with van der Waals surface area (Å²) in [4.78, 5) is 0. The topological polar surface area (TPSA) is 32.3 Å². The molecule has 0 bridgehead atoms. The van der Waals surface area contributed by atoms with Crippen molar-refractivity contribution >= 4 is 5.69 Å². The van der Waals surface area contributed by atoms with Crippen LogP contribution in [0, 0.1) is 6.92 Å². The minimum Gasteiger partial charge on any atom is -0.396 e. The summed E-state index contributed by atoms with van der Waals surface area (Å²) in [7, 11) is 0. The van der Waals surface area contributed by atoms with Crippen LogP contribution in [0.15, 0.2) is 24.3 Å². The molecule has 1 atom stereocenters. The zero-order valence-corrected chi connectivity index (χ0v) is 9.59. The van der Waals surface area contributed by atoms with Crippen LogP contribution < -0.4 is 5.32 Å². The SMILES string of the molecule is Cc1ccccc1NC(CCCO)C(F)(F)F. The van der Waals surface area contributed by atoms with Gasteiger partial charge in [-0.1, -0.05) is 18.2 Å². The highest BCUT2D eigenvalue weighted by Gasteiger charge is 2.39. The Kier molecular flexibility index (Phi) is 4.81. The van der Waals surface area contributed by atoms with Crippen LogP contribution in [0.2, 0.25) is 0 Å². The Bertz CT molecular complexity index is 352. The average Bonchev–Trinajstić information content (AvgIpc) is 2.25. The van der Waals surface area contributed by atoms with Gasteiger partial charge < -0.3 is 10.4 Å². The number of alkyl halides is 3. The normalized spacial score (nSPS) is 13.5. The lowest BCUT2D eigenvalue weighted by Gasteiger charge is -2.23. The first kappa shape index (κ1) is 13.8. The average molecular weight is 247 g/mol. The second-order valence-electron chi connectivity index (χ2n) is 3.92. The van der Waals surface area contributed by atoms with E-state index in [1.807, 2.05) is 0 Å². The first-order valence-electron chi connectivity index (χ1n) is 5.45. The van der Waals surface area contributed by atoms with Gasteiger partial charge in [0, 0.05) is 12.3 Å². The quantitative estimate of drug-likeness (QED) is 0.838. The van der Waals surface area contributed by atoms with Crippen LogP contribution in [-0.2, 0) is 0 Å². The summed E-state index contributed by atoms with van der Waals surface area (Å²) in [5, 5.41) is 11.1. The number of benzene rings is 1. The third kappa shape index (κ3) is 4.26. The van der Waals surface area contributed by atoms with Crippen molar-refractivity contribution in [3.8, 4) is 0 Å². The van der Waals surface area contributed by atoms with E-state index in [0.29, 0.717) is 5.69 Å². The number of para-hydroxylation sites is 1. The molecule has 2 nitrogen and oxygen atoms in total. The molecule has 1 unspecified atom stereocenters. The number of hydrogen-bond acceptors (Lipinski definition) is 2. The van der Waals surface area contributed by atoms with Crippen molar-refractivity contribution in [3.05, 3.63) is 29.8 Å². The van der Waals surface area contributed by atoms with E-state index in [4.69, 9.17) is 5.11 Å². The first-order chi connectivity index (χ1) is 7.95. The van der Waals surface area contributed by atoms with E-state index in [1.54, 1.807) is 31.2 Å². The number of hydrogen-bond donors (Lipinski definition) is 2. The summed E-state index contributed by atoms with van der Waals surface area (Å²) < 4.78 is 38.1. The molecule has 2 N–H and O–H groups in total. The fourth-order valence-corrected chi connectivity index (χ4v) is 1.54. The Morgan fingerprint density at radius 2 is 1.94 bits per heavy atom. The minimum atomic E-state index is -4.31. The van der Waals surface area contributed by atoms with E-state index >= 15 is 0 Å². The summed E-state index contributed by atoms with van der Waals surface area (Å²) >= 11 is 0. The monoisotopic (exact) mass is 247 g/mol. The molecule has 0 fully saturated rings. The van der Waals surface area contributed by atoms with Gasteiger partial charge in [0.05, 0.1) is 0 Å². The predicted octanol–water partition coefficient (Wildman–Crippen LogP) is 3.11. The molecule has 0 saturated heterocycles. The van der Waals surface area contributed by atoms with Gasteiger partial charge in [-0.05, 0) is 31.4 Å². The lowest BCUT2D eigenvalue weighted by Crippen LogP contribution is -2.36. The third-order valence-electron chi connectivity index (χ3n) is 2.52. The Balaban J connectivity index is 2.76. The van der Waals surface area contributed by atoms with Crippen LogP contribution >= 0.6 is 0 Å². The molecule has 0 radical (unpaired) electrons. The van der Waals surface area contributed by atoms with Gasteiger partial charge in [0.25, 0.3) is 0 Å². The van der Waals surface area contributed by atoms with E-state index in [9.17, 15) is 13.2 Å². The predicted molar refractivity (Wildman–Crippen MR) is 61.0 cm³/mol. The van der Waals surface area contributed by atoms with Crippen LogP contribution in [-0.4, -0.2) is 23.9 Å². The maximum Gasteiger partial charge on any atom is 0.408 e. The highest BCUT2D eigenvalue weighted by molar-refractivity contribution is 5.51. The Morgan fingerprint density at radius 3 is 2.47 bits per heavy atom. The van der Waals surface area contributed by atoms with Crippen LogP contribution in [0.3, 0.4) is 0 Å². The van der Waals surface area contributed by atoms with Gasteiger partial charge in [-0.3, -0.25) is 0 Å². The van der Waals surface area contributed by atoms with Gasteiger partial charge in [0.1, 0.15) is 6.04 Å². The maximum absolute atomic E-state index is 12.7. The van der Waals surface area contributed by atoms with Crippen LogP contribution in [0.4, 0.5) is 18.9 Å². The summed E-state index contributed by atoms with van der Waals surface area (Å²) in [6.07, 6.45) is -4.31. The number of halogens is 3. The van der Waals surface area contributed by atoms with Gasteiger partial charge in [-0.25, -0.2) is 0 Å². The number of aliphatic hydroxyl groups is 1. The van der Waals surface area contributed by atoms with Crippen molar-refractivity contribution in [2.24, 2.45) is 0 Å². The van der Waals surface area contributed by atoms with E-state index < -0.39 is 12.2 Å². The Labute approximate surface area is 98.5 Å². The minimum absolute atomic E-state index is 0.128. The van der Waals surface area contributed by atoms with Crippen molar-refractivity contribution in [2.45, 2.75) is 32.0 Å². The molecule has 96 valence electrons. The van der Waals surface area contributed by atoms with Gasteiger partial charge in [-0.2, -0.15) is 13.2 Å². The first-order valence-corrected chi connectivity index (χ1v) is 5.45. The standard InChI is InChI=1S/C12H16F3NO/c1-9-5-2-3-6-10(9)16-11(7-4-8-17)12(13,14)15/h2-3,5-6,11,16-17H,4,7-8H2,1H3. The smallest absolute Gasteiger partial charge is 0.396 e. The molecular weight excluding hydrogens is 231 g/mol. The molecule has 5 heteroatoms. The van der Waals surface area contributed by atoms with E-state index in [-0.39, 0.29) is 19.4 Å². The summed E-state index contributed by atoms with van der Waals surface area (Å²) in [5.41, 5.74) is 1.25. The summed E-state index contributed by atoms with van der Waals surface area (Å²) in [6, 6.07) is 5.22. The van der Waals surface area contributed by atoms with Crippen molar-refractivity contribution in [1.29, 1.82) is 0 Å². The molecule has 1 aromatic rings.